The molecule has 0 radical (unpaired) electrons. The van der Waals surface area contributed by atoms with Crippen LogP contribution in [0, 0.1) is 20.8 Å². The Hall–Kier alpha value is -2.87. The number of aromatic hydroxyl groups is 1. The van der Waals surface area contributed by atoms with E-state index in [1.807, 2.05) is 73.6 Å². The Kier molecular flexibility index (Phi) is 6.70. The Balaban J connectivity index is 0.00000141. The minimum atomic E-state index is -0.742. The largest absolute Gasteiger partial charge is 0.507 e. The molecule has 0 fully saturated rings. The molecule has 7 nitrogen and oxygen atoms in total. The van der Waals surface area contributed by atoms with Crippen LogP contribution in [0.4, 0.5) is 0 Å². The second kappa shape index (κ2) is 9.30. The minimum absolute atomic E-state index is 0.332. The third kappa shape index (κ3) is 4.68. The Morgan fingerprint density at radius 1 is 0.943 bits per heavy atom. The van der Waals surface area contributed by atoms with Crippen LogP contribution in [0.5, 0.6) is 23.0 Å². The van der Waals surface area contributed by atoms with Crippen LogP contribution in [0.1, 0.15) is 68.6 Å². The summed E-state index contributed by atoms with van der Waals surface area (Å²) >= 11 is 1.65. The van der Waals surface area contributed by atoms with E-state index < -0.39 is 11.4 Å². The lowest BCUT2D eigenvalue weighted by Crippen LogP contribution is -2.36. The summed E-state index contributed by atoms with van der Waals surface area (Å²) in [6.45, 7) is 15.5. The summed E-state index contributed by atoms with van der Waals surface area (Å²) in [5.41, 5.74) is 2.98. The van der Waals surface area contributed by atoms with Crippen molar-refractivity contribution >= 4 is 11.8 Å². The van der Waals surface area contributed by atoms with Crippen LogP contribution in [-0.4, -0.2) is 26.8 Å². The molecular weight excluding hydrogens is 464 g/mol. The van der Waals surface area contributed by atoms with E-state index in [-0.39, 0.29) is 0 Å². The molecule has 35 heavy (non-hydrogen) atoms. The van der Waals surface area contributed by atoms with Crippen LogP contribution in [0.3, 0.4) is 0 Å². The number of phenolic OH excluding ortho intramolecular Hbond substituents is 1. The van der Waals surface area contributed by atoms with Gasteiger partial charge in [0.25, 0.3) is 5.89 Å². The van der Waals surface area contributed by atoms with Crippen LogP contribution < -0.4 is 14.2 Å². The van der Waals surface area contributed by atoms with Gasteiger partial charge < -0.3 is 23.8 Å². The SMILES string of the molecule is CC.Cc1c(C)c2c(c(C)c1O)SCC(C)(c1nc(CCc3ccc4c(c3)OC(C)(C)O4)no1)O2. The smallest absolute Gasteiger partial charge is 0.271 e. The number of hydrogen-bond donors (Lipinski definition) is 1. The average Bonchev–Trinajstić information content (AvgIpc) is 3.44. The Morgan fingerprint density at radius 3 is 2.40 bits per heavy atom. The first-order chi connectivity index (χ1) is 16.6. The first-order valence-corrected chi connectivity index (χ1v) is 13.0. The summed E-state index contributed by atoms with van der Waals surface area (Å²) < 4.78 is 23.7. The molecule has 0 saturated heterocycles. The van der Waals surface area contributed by atoms with Crippen molar-refractivity contribution in [3.63, 3.8) is 0 Å². The zero-order valence-corrected chi connectivity index (χ0v) is 22.6. The van der Waals surface area contributed by atoms with Gasteiger partial charge >= 0.3 is 0 Å². The summed E-state index contributed by atoms with van der Waals surface area (Å²) in [4.78, 5) is 5.63. The summed E-state index contributed by atoms with van der Waals surface area (Å²) in [5, 5.41) is 14.6. The van der Waals surface area contributed by atoms with Gasteiger partial charge in [0.2, 0.25) is 5.79 Å². The van der Waals surface area contributed by atoms with Crippen LogP contribution >= 0.6 is 11.8 Å². The number of hydrogen-bond acceptors (Lipinski definition) is 8. The maximum absolute atomic E-state index is 10.4. The molecule has 188 valence electrons. The maximum atomic E-state index is 10.4. The van der Waals surface area contributed by atoms with Crippen LogP contribution in [0.15, 0.2) is 27.6 Å². The van der Waals surface area contributed by atoms with Crippen molar-refractivity contribution in [2.24, 2.45) is 0 Å². The van der Waals surface area contributed by atoms with E-state index in [0.29, 0.717) is 29.6 Å². The van der Waals surface area contributed by atoms with Gasteiger partial charge in [-0.05, 0) is 62.9 Å². The predicted octanol–water partition coefficient (Wildman–Crippen LogP) is 6.42. The van der Waals surface area contributed by atoms with Gasteiger partial charge in [0.05, 0.1) is 4.90 Å². The fourth-order valence-electron chi connectivity index (χ4n) is 4.19. The van der Waals surface area contributed by atoms with E-state index in [9.17, 15) is 5.11 Å². The molecule has 2 aliphatic rings. The van der Waals surface area contributed by atoms with Crippen molar-refractivity contribution in [3.8, 4) is 23.0 Å². The van der Waals surface area contributed by atoms with E-state index in [4.69, 9.17) is 18.7 Å². The molecule has 0 aliphatic carbocycles. The number of phenols is 1. The number of fused-ring (bicyclic) bond motifs is 2. The van der Waals surface area contributed by atoms with Gasteiger partial charge in [-0.2, -0.15) is 4.98 Å². The predicted molar refractivity (Wildman–Crippen MR) is 136 cm³/mol. The molecule has 1 atom stereocenters. The standard InChI is InChI=1S/C25H28N2O5S.C2H6/c1-13-14(2)21-22(15(3)20(13)28)33-12-25(6,31-21)23-26-19(27-32-23)10-8-16-7-9-17-18(11-16)30-24(4,5)29-17;1-2/h7,9,11,28H,8,10,12H2,1-6H3;1-2H3. The highest BCUT2D eigenvalue weighted by Gasteiger charge is 2.41. The quantitative estimate of drug-likeness (QED) is 0.441. The van der Waals surface area contributed by atoms with Crippen LogP contribution in [-0.2, 0) is 18.4 Å². The summed E-state index contributed by atoms with van der Waals surface area (Å²) in [6, 6.07) is 5.98. The van der Waals surface area contributed by atoms with Gasteiger partial charge in [0, 0.05) is 31.6 Å². The molecule has 0 amide bonds. The van der Waals surface area contributed by atoms with Gasteiger partial charge in [-0.15, -0.1) is 11.8 Å². The Morgan fingerprint density at radius 2 is 1.66 bits per heavy atom. The third-order valence-corrected chi connectivity index (χ3v) is 7.73. The molecule has 8 heteroatoms. The molecule has 1 N–H and O–H groups in total. The highest BCUT2D eigenvalue weighted by atomic mass is 32.2. The lowest BCUT2D eigenvalue weighted by molar-refractivity contribution is -0.0431. The number of aryl methyl sites for hydroxylation is 2. The van der Waals surface area contributed by atoms with Gasteiger partial charge in [-0.1, -0.05) is 25.1 Å². The molecule has 2 aromatic carbocycles. The van der Waals surface area contributed by atoms with Crippen molar-refractivity contribution in [1.29, 1.82) is 0 Å². The van der Waals surface area contributed by atoms with Crippen LogP contribution in [0.25, 0.3) is 0 Å². The molecule has 0 saturated carbocycles. The van der Waals surface area contributed by atoms with Crippen molar-refractivity contribution in [3.05, 3.63) is 52.2 Å². The fraction of sp³-hybridized carbons (Fsp3) is 0.481. The van der Waals surface area contributed by atoms with Gasteiger partial charge in [-0.3, -0.25) is 0 Å². The number of aromatic nitrogens is 2. The highest BCUT2D eigenvalue weighted by molar-refractivity contribution is 7.99. The van der Waals surface area contributed by atoms with E-state index in [1.54, 1.807) is 11.8 Å². The monoisotopic (exact) mass is 498 g/mol. The summed E-state index contributed by atoms with van der Waals surface area (Å²) in [5.74, 6) is 3.72. The number of benzene rings is 2. The van der Waals surface area contributed by atoms with E-state index >= 15 is 0 Å². The zero-order valence-electron chi connectivity index (χ0n) is 21.7. The highest BCUT2D eigenvalue weighted by Crippen LogP contribution is 2.50. The summed E-state index contributed by atoms with van der Waals surface area (Å²) in [7, 11) is 0. The van der Waals surface area contributed by atoms with Crippen molar-refractivity contribution in [2.45, 2.75) is 84.5 Å². The molecule has 3 aromatic rings. The van der Waals surface area contributed by atoms with Crippen LogP contribution in [0.2, 0.25) is 0 Å². The normalized spacial score (nSPS) is 19.4. The van der Waals surface area contributed by atoms with Crippen molar-refractivity contribution in [2.75, 3.05) is 5.75 Å². The Labute approximate surface area is 211 Å². The lowest BCUT2D eigenvalue weighted by Gasteiger charge is -2.34. The molecule has 1 aromatic heterocycles. The van der Waals surface area contributed by atoms with Gasteiger partial charge in [0.1, 0.15) is 11.5 Å². The van der Waals surface area contributed by atoms with Crippen molar-refractivity contribution < 1.29 is 23.8 Å². The molecule has 2 aliphatic heterocycles. The second-order valence-corrected chi connectivity index (χ2v) is 10.4. The van der Waals surface area contributed by atoms with Gasteiger partial charge in [0.15, 0.2) is 22.9 Å². The fourth-order valence-corrected chi connectivity index (χ4v) is 5.43. The van der Waals surface area contributed by atoms with Gasteiger partial charge in [-0.25, -0.2) is 0 Å². The molecule has 0 spiro atoms. The molecule has 5 rings (SSSR count). The third-order valence-electron chi connectivity index (χ3n) is 6.26. The molecule has 3 heterocycles. The van der Waals surface area contributed by atoms with E-state index in [1.165, 1.54) is 0 Å². The summed E-state index contributed by atoms with van der Waals surface area (Å²) in [6.07, 6.45) is 1.39. The number of thioether (sulfide) groups is 1. The lowest BCUT2D eigenvalue weighted by atomic mass is 10.0. The number of ether oxygens (including phenoxy) is 3. The molecular formula is C27H34N2O5S. The Bertz CT molecular complexity index is 1250. The number of rotatable bonds is 4. The second-order valence-electron chi connectivity index (χ2n) is 9.40. The molecule has 1 unspecified atom stereocenters. The van der Waals surface area contributed by atoms with E-state index in [0.717, 1.165) is 50.8 Å². The minimum Gasteiger partial charge on any atom is -0.507 e. The number of nitrogens with zero attached hydrogens (tertiary/aromatic N) is 2. The first kappa shape index (κ1) is 25.2. The average molecular weight is 499 g/mol. The maximum Gasteiger partial charge on any atom is 0.271 e. The zero-order chi connectivity index (χ0) is 25.5. The van der Waals surface area contributed by atoms with E-state index in [2.05, 4.69) is 10.1 Å². The van der Waals surface area contributed by atoms with Crippen molar-refractivity contribution in [1.82, 2.24) is 10.1 Å². The topological polar surface area (TPSA) is 86.8 Å². The first-order valence-electron chi connectivity index (χ1n) is 12.0. The molecule has 0 bridgehead atoms.